The minimum Gasteiger partial charge on any atom is -0.416 e. The monoisotopic (exact) mass is 416 g/mol. The fourth-order valence-corrected chi connectivity index (χ4v) is 5.00. The maximum Gasteiger partial charge on any atom is 0.248 e. The summed E-state index contributed by atoms with van der Waals surface area (Å²) in [5.74, 6) is 1.87. The normalized spacial score (nSPS) is 20.0. The van der Waals surface area contributed by atoms with Crippen molar-refractivity contribution in [2.45, 2.75) is 50.5 Å². The zero-order valence-electron chi connectivity index (χ0n) is 18.6. The van der Waals surface area contributed by atoms with Crippen LogP contribution in [0, 0.1) is 0 Å². The number of anilines is 1. The van der Waals surface area contributed by atoms with Crippen LogP contribution in [0.5, 0.6) is 0 Å². The van der Waals surface area contributed by atoms with Gasteiger partial charge in [-0.2, -0.15) is 0 Å². The van der Waals surface area contributed by atoms with Crippen molar-refractivity contribution in [2.24, 2.45) is 0 Å². The largest absolute Gasteiger partial charge is 0.416 e. The second kappa shape index (κ2) is 8.83. The van der Waals surface area contributed by atoms with E-state index in [1.165, 1.54) is 49.8 Å². The SMILES string of the molecule is CN(C)C1CCN(c2ccc(-c3nnc(-c4ccc(C5CCCCC5)cc4)o3)cc2)C1. The third-order valence-electron chi connectivity index (χ3n) is 7.03. The van der Waals surface area contributed by atoms with Gasteiger partial charge in [0.2, 0.25) is 11.8 Å². The molecule has 1 aromatic heterocycles. The van der Waals surface area contributed by atoms with E-state index in [1.54, 1.807) is 0 Å². The Labute approximate surface area is 185 Å². The van der Waals surface area contributed by atoms with E-state index in [9.17, 15) is 0 Å². The Hall–Kier alpha value is -2.66. The fraction of sp³-hybridized carbons (Fsp3) is 0.462. The van der Waals surface area contributed by atoms with Gasteiger partial charge in [0.05, 0.1) is 0 Å². The van der Waals surface area contributed by atoms with Crippen LogP contribution in [0.15, 0.2) is 52.9 Å². The van der Waals surface area contributed by atoms with Crippen molar-refractivity contribution in [2.75, 3.05) is 32.1 Å². The number of rotatable bonds is 5. The summed E-state index contributed by atoms with van der Waals surface area (Å²) in [5.41, 5.74) is 4.65. The van der Waals surface area contributed by atoms with E-state index in [2.05, 4.69) is 82.6 Å². The molecule has 5 nitrogen and oxygen atoms in total. The number of benzene rings is 2. The van der Waals surface area contributed by atoms with Crippen LogP contribution in [0.1, 0.15) is 50.0 Å². The number of aromatic nitrogens is 2. The molecule has 2 fully saturated rings. The van der Waals surface area contributed by atoms with Gasteiger partial charge in [0.15, 0.2) is 0 Å². The molecule has 1 atom stereocenters. The van der Waals surface area contributed by atoms with Crippen molar-refractivity contribution in [1.29, 1.82) is 0 Å². The van der Waals surface area contributed by atoms with Crippen molar-refractivity contribution in [1.82, 2.24) is 15.1 Å². The molecule has 1 aliphatic carbocycles. The molecule has 31 heavy (non-hydrogen) atoms. The molecule has 1 aliphatic heterocycles. The molecule has 5 heteroatoms. The quantitative estimate of drug-likeness (QED) is 0.542. The third kappa shape index (κ3) is 4.38. The van der Waals surface area contributed by atoms with Crippen LogP contribution >= 0.6 is 0 Å². The highest BCUT2D eigenvalue weighted by Gasteiger charge is 2.24. The lowest BCUT2D eigenvalue weighted by atomic mass is 9.84. The third-order valence-corrected chi connectivity index (χ3v) is 7.03. The topological polar surface area (TPSA) is 45.4 Å². The number of hydrogen-bond acceptors (Lipinski definition) is 5. The van der Waals surface area contributed by atoms with E-state index in [1.807, 2.05) is 0 Å². The summed E-state index contributed by atoms with van der Waals surface area (Å²) >= 11 is 0. The second-order valence-corrected chi connectivity index (χ2v) is 9.27. The van der Waals surface area contributed by atoms with Crippen LogP contribution in [0.4, 0.5) is 5.69 Å². The minimum atomic E-state index is 0.575. The van der Waals surface area contributed by atoms with Crippen molar-refractivity contribution in [3.63, 3.8) is 0 Å². The van der Waals surface area contributed by atoms with Crippen molar-refractivity contribution >= 4 is 5.69 Å². The van der Waals surface area contributed by atoms with Gasteiger partial charge in [0, 0.05) is 35.9 Å². The highest BCUT2D eigenvalue weighted by Crippen LogP contribution is 2.34. The van der Waals surface area contributed by atoms with Gasteiger partial charge >= 0.3 is 0 Å². The lowest BCUT2D eigenvalue weighted by molar-refractivity contribution is 0.315. The van der Waals surface area contributed by atoms with Crippen molar-refractivity contribution in [3.05, 3.63) is 54.1 Å². The first-order valence-electron chi connectivity index (χ1n) is 11.6. The van der Waals surface area contributed by atoms with Gasteiger partial charge in [-0.1, -0.05) is 31.4 Å². The van der Waals surface area contributed by atoms with Gasteiger partial charge in [-0.3, -0.25) is 0 Å². The molecule has 162 valence electrons. The Kier molecular flexibility index (Phi) is 5.77. The van der Waals surface area contributed by atoms with E-state index in [0.29, 0.717) is 23.7 Å². The Morgan fingerprint density at radius 1 is 0.806 bits per heavy atom. The van der Waals surface area contributed by atoms with E-state index in [-0.39, 0.29) is 0 Å². The first-order valence-corrected chi connectivity index (χ1v) is 11.6. The molecule has 0 N–H and O–H groups in total. The maximum absolute atomic E-state index is 6.01. The molecule has 2 aliphatic rings. The molecule has 1 saturated carbocycles. The summed E-state index contributed by atoms with van der Waals surface area (Å²) in [4.78, 5) is 4.76. The fourth-order valence-electron chi connectivity index (χ4n) is 5.00. The lowest BCUT2D eigenvalue weighted by Gasteiger charge is -2.21. The van der Waals surface area contributed by atoms with E-state index < -0.39 is 0 Å². The lowest BCUT2D eigenvalue weighted by Crippen LogP contribution is -2.31. The predicted molar refractivity (Wildman–Crippen MR) is 125 cm³/mol. The zero-order valence-corrected chi connectivity index (χ0v) is 18.6. The van der Waals surface area contributed by atoms with Gasteiger partial charge < -0.3 is 14.2 Å². The Balaban J connectivity index is 1.27. The zero-order chi connectivity index (χ0) is 21.2. The van der Waals surface area contributed by atoms with Crippen LogP contribution in [-0.4, -0.2) is 48.3 Å². The van der Waals surface area contributed by atoms with Crippen LogP contribution in [0.25, 0.3) is 22.9 Å². The summed E-state index contributed by atoms with van der Waals surface area (Å²) < 4.78 is 6.01. The Bertz CT molecular complexity index is 987. The van der Waals surface area contributed by atoms with Gasteiger partial charge in [-0.25, -0.2) is 0 Å². The van der Waals surface area contributed by atoms with Gasteiger partial charge in [-0.15, -0.1) is 10.2 Å². The standard InChI is InChI=1S/C26H32N4O/c1-29(2)24-16-17-30(18-24)23-14-12-22(13-15-23)26-28-27-25(31-26)21-10-8-20(9-11-21)19-6-4-3-5-7-19/h8-15,19,24H,3-7,16-18H2,1-2H3. The molecular formula is C26H32N4O. The smallest absolute Gasteiger partial charge is 0.248 e. The summed E-state index contributed by atoms with van der Waals surface area (Å²) in [7, 11) is 4.32. The second-order valence-electron chi connectivity index (χ2n) is 9.27. The number of likely N-dealkylation sites (N-methyl/N-ethyl adjacent to an activating group) is 1. The molecular weight excluding hydrogens is 384 g/mol. The summed E-state index contributed by atoms with van der Waals surface area (Å²) in [5, 5.41) is 8.60. The van der Waals surface area contributed by atoms with E-state index in [4.69, 9.17) is 4.42 Å². The molecule has 0 spiro atoms. The minimum absolute atomic E-state index is 0.575. The summed E-state index contributed by atoms with van der Waals surface area (Å²) in [6.45, 7) is 2.18. The molecule has 1 unspecified atom stereocenters. The molecule has 5 rings (SSSR count). The Morgan fingerprint density at radius 2 is 1.42 bits per heavy atom. The van der Waals surface area contributed by atoms with Crippen LogP contribution < -0.4 is 4.90 Å². The average molecular weight is 417 g/mol. The molecule has 1 saturated heterocycles. The number of nitrogens with zero attached hydrogens (tertiary/aromatic N) is 4. The Morgan fingerprint density at radius 3 is 2.00 bits per heavy atom. The van der Waals surface area contributed by atoms with Crippen LogP contribution in [0.2, 0.25) is 0 Å². The van der Waals surface area contributed by atoms with Gasteiger partial charge in [-0.05, 0) is 81.2 Å². The molecule has 0 radical (unpaired) electrons. The van der Waals surface area contributed by atoms with Crippen molar-refractivity contribution < 1.29 is 4.42 Å². The van der Waals surface area contributed by atoms with Crippen LogP contribution in [0.3, 0.4) is 0 Å². The average Bonchev–Trinajstić information content (AvgIpc) is 3.51. The molecule has 0 amide bonds. The van der Waals surface area contributed by atoms with Gasteiger partial charge in [0.1, 0.15) is 0 Å². The molecule has 2 aromatic carbocycles. The number of hydrogen-bond donors (Lipinski definition) is 0. The van der Waals surface area contributed by atoms with E-state index in [0.717, 1.165) is 24.2 Å². The first kappa shape index (κ1) is 20.3. The van der Waals surface area contributed by atoms with Crippen molar-refractivity contribution in [3.8, 4) is 22.9 Å². The van der Waals surface area contributed by atoms with Gasteiger partial charge in [0.25, 0.3) is 0 Å². The molecule has 2 heterocycles. The van der Waals surface area contributed by atoms with E-state index >= 15 is 0 Å². The first-order chi connectivity index (χ1) is 15.2. The highest BCUT2D eigenvalue weighted by atomic mass is 16.4. The molecule has 3 aromatic rings. The molecule has 0 bridgehead atoms. The van der Waals surface area contributed by atoms with Crippen LogP contribution in [-0.2, 0) is 0 Å². The maximum atomic E-state index is 6.01. The predicted octanol–water partition coefficient (Wildman–Crippen LogP) is 5.59. The highest BCUT2D eigenvalue weighted by molar-refractivity contribution is 5.61. The summed E-state index contributed by atoms with van der Waals surface area (Å²) in [6, 6.07) is 17.8. The summed E-state index contributed by atoms with van der Waals surface area (Å²) in [6.07, 6.45) is 7.93.